The molecule has 3 aromatic heterocycles. The molecular weight excluding hydrogens is 418 g/mol. The summed E-state index contributed by atoms with van der Waals surface area (Å²) in [6.45, 7) is 7.61. The lowest BCUT2D eigenvalue weighted by molar-refractivity contribution is 0.00115. The average molecular weight is 447 g/mol. The number of fused-ring (bicyclic) bond motifs is 1. The quantitative estimate of drug-likeness (QED) is 0.543. The maximum absolute atomic E-state index is 13.3. The van der Waals surface area contributed by atoms with E-state index in [1.54, 1.807) is 6.20 Å². The van der Waals surface area contributed by atoms with E-state index in [1.165, 1.54) is 4.52 Å². The number of nitrogens with one attached hydrogen (secondary N) is 1. The van der Waals surface area contributed by atoms with Crippen molar-refractivity contribution in [3.63, 3.8) is 0 Å². The van der Waals surface area contributed by atoms with Gasteiger partial charge in [-0.2, -0.15) is 4.98 Å². The molecule has 0 saturated carbocycles. The average Bonchev–Trinajstić information content (AvgIpc) is 3.17. The van der Waals surface area contributed by atoms with Crippen molar-refractivity contribution in [3.8, 4) is 6.01 Å². The number of aryl methyl sites for hydroxylation is 1. The second-order valence-electron chi connectivity index (χ2n) is 7.94. The van der Waals surface area contributed by atoms with Gasteiger partial charge in [-0.15, -0.1) is 5.10 Å². The summed E-state index contributed by atoms with van der Waals surface area (Å²) in [5, 5.41) is 7.62. The van der Waals surface area contributed by atoms with E-state index in [4.69, 9.17) is 10.5 Å². The molecule has 32 heavy (non-hydrogen) atoms. The molecule has 1 aliphatic heterocycles. The lowest BCUT2D eigenvalue weighted by atomic mass is 10.1. The van der Waals surface area contributed by atoms with Crippen LogP contribution >= 0.6 is 0 Å². The third-order valence-electron chi connectivity index (χ3n) is 5.46. The molecule has 1 saturated heterocycles. The summed E-state index contributed by atoms with van der Waals surface area (Å²) < 4.78 is 33.4. The van der Waals surface area contributed by atoms with Crippen LogP contribution < -0.4 is 20.7 Å². The minimum atomic E-state index is -2.64. The number of hydrogen-bond acceptors (Lipinski definition) is 8. The second kappa shape index (κ2) is 9.60. The van der Waals surface area contributed by atoms with Gasteiger partial charge in [0.15, 0.2) is 17.6 Å². The normalized spacial score (nSPS) is 15.5. The number of pyridine rings is 1. The number of anilines is 2. The summed E-state index contributed by atoms with van der Waals surface area (Å²) >= 11 is 0. The molecule has 3 aromatic rings. The minimum absolute atomic E-state index is 0.0779. The number of hydrogen-bond donors (Lipinski definition) is 2. The van der Waals surface area contributed by atoms with Crippen LogP contribution in [-0.2, 0) is 6.42 Å². The Morgan fingerprint density at radius 2 is 2.00 bits per heavy atom. The number of alkyl halides is 2. The van der Waals surface area contributed by atoms with Crippen molar-refractivity contribution in [2.45, 2.75) is 45.6 Å². The van der Waals surface area contributed by atoms with E-state index in [2.05, 4.69) is 36.3 Å². The van der Waals surface area contributed by atoms with E-state index in [0.29, 0.717) is 18.5 Å². The summed E-state index contributed by atoms with van der Waals surface area (Å²) in [6, 6.07) is 1.91. The monoisotopic (exact) mass is 446 g/mol. The van der Waals surface area contributed by atoms with Gasteiger partial charge in [0.05, 0.1) is 11.9 Å². The van der Waals surface area contributed by atoms with Gasteiger partial charge < -0.3 is 20.7 Å². The van der Waals surface area contributed by atoms with Crippen molar-refractivity contribution in [3.05, 3.63) is 35.3 Å². The molecule has 0 amide bonds. The SMILES string of the molecule is CCCC(Oc1nc(N)c2ncc(Cc3cnc(N4CCNCC4)c(C)c3)n2n1)C(F)F. The zero-order chi connectivity index (χ0) is 22.7. The van der Waals surface area contributed by atoms with Crippen molar-refractivity contribution in [1.82, 2.24) is 29.9 Å². The topological polar surface area (TPSA) is 106 Å². The number of imidazole rings is 1. The van der Waals surface area contributed by atoms with Crippen LogP contribution in [-0.4, -0.2) is 63.3 Å². The Bertz CT molecular complexity index is 1070. The second-order valence-corrected chi connectivity index (χ2v) is 7.94. The van der Waals surface area contributed by atoms with Gasteiger partial charge >= 0.3 is 6.01 Å². The molecule has 1 unspecified atom stereocenters. The number of rotatable bonds is 8. The van der Waals surface area contributed by atoms with Gasteiger partial charge in [-0.3, -0.25) is 0 Å². The fourth-order valence-corrected chi connectivity index (χ4v) is 3.89. The summed E-state index contributed by atoms with van der Waals surface area (Å²) in [7, 11) is 0. The fourth-order valence-electron chi connectivity index (χ4n) is 3.89. The Balaban J connectivity index is 1.58. The zero-order valence-corrected chi connectivity index (χ0v) is 18.3. The lowest BCUT2D eigenvalue weighted by Crippen LogP contribution is -2.44. The van der Waals surface area contributed by atoms with Gasteiger partial charge in [-0.05, 0) is 24.5 Å². The first-order valence-electron chi connectivity index (χ1n) is 10.8. The number of nitrogens with zero attached hydrogens (tertiary/aromatic N) is 6. The molecule has 0 spiro atoms. The smallest absolute Gasteiger partial charge is 0.336 e. The van der Waals surface area contributed by atoms with Crippen LogP contribution in [0.2, 0.25) is 0 Å². The molecule has 1 aliphatic rings. The van der Waals surface area contributed by atoms with Crippen LogP contribution in [0.15, 0.2) is 18.5 Å². The standard InChI is InChI=1S/C21H28F2N8O/c1-3-4-16(17(22)23)32-21-28-18(24)20-27-12-15(31(20)29-21)10-14-9-13(2)19(26-11-14)30-7-5-25-6-8-30/h9,11-12,16-17,25H,3-8,10H2,1-2H3,(H2,24,28,29). The molecule has 0 radical (unpaired) electrons. The van der Waals surface area contributed by atoms with Crippen LogP contribution in [0.4, 0.5) is 20.4 Å². The summed E-state index contributed by atoms with van der Waals surface area (Å²) in [5.41, 5.74) is 9.16. The van der Waals surface area contributed by atoms with E-state index in [1.807, 2.05) is 20.0 Å². The molecule has 4 heterocycles. The first-order valence-corrected chi connectivity index (χ1v) is 10.8. The van der Waals surface area contributed by atoms with Crippen LogP contribution in [0.5, 0.6) is 6.01 Å². The van der Waals surface area contributed by atoms with Gasteiger partial charge in [-0.25, -0.2) is 23.3 Å². The highest BCUT2D eigenvalue weighted by molar-refractivity contribution is 5.60. The largest absolute Gasteiger partial charge is 0.453 e. The molecule has 3 N–H and O–H groups in total. The van der Waals surface area contributed by atoms with E-state index < -0.39 is 12.5 Å². The molecule has 1 fully saturated rings. The van der Waals surface area contributed by atoms with E-state index >= 15 is 0 Å². The molecule has 9 nitrogen and oxygen atoms in total. The molecule has 172 valence electrons. The third kappa shape index (κ3) is 4.72. The van der Waals surface area contributed by atoms with Crippen LogP contribution in [0.3, 0.4) is 0 Å². The van der Waals surface area contributed by atoms with Crippen molar-refractivity contribution >= 4 is 17.3 Å². The maximum atomic E-state index is 13.3. The molecule has 0 bridgehead atoms. The molecule has 1 atom stereocenters. The predicted octanol–water partition coefficient (Wildman–Crippen LogP) is 2.22. The summed E-state index contributed by atoms with van der Waals surface area (Å²) in [5.74, 6) is 1.07. The van der Waals surface area contributed by atoms with Crippen molar-refractivity contribution < 1.29 is 13.5 Å². The van der Waals surface area contributed by atoms with E-state index in [-0.39, 0.29) is 18.2 Å². The molecular formula is C21H28F2N8O. The molecule has 0 aromatic carbocycles. The van der Waals surface area contributed by atoms with Crippen molar-refractivity contribution in [2.24, 2.45) is 0 Å². The van der Waals surface area contributed by atoms with Gasteiger partial charge in [-0.1, -0.05) is 19.4 Å². The number of aromatic nitrogens is 5. The number of ether oxygens (including phenoxy) is 1. The predicted molar refractivity (Wildman–Crippen MR) is 117 cm³/mol. The lowest BCUT2D eigenvalue weighted by Gasteiger charge is -2.29. The molecule has 4 rings (SSSR count). The minimum Gasteiger partial charge on any atom is -0.453 e. The summed E-state index contributed by atoms with van der Waals surface area (Å²) in [4.78, 5) is 15.3. The van der Waals surface area contributed by atoms with Crippen LogP contribution in [0, 0.1) is 6.92 Å². The van der Waals surface area contributed by atoms with Crippen molar-refractivity contribution in [1.29, 1.82) is 0 Å². The van der Waals surface area contributed by atoms with Gasteiger partial charge in [0, 0.05) is 38.8 Å². The van der Waals surface area contributed by atoms with Crippen molar-refractivity contribution in [2.75, 3.05) is 36.8 Å². The Morgan fingerprint density at radius 3 is 2.69 bits per heavy atom. The zero-order valence-electron chi connectivity index (χ0n) is 18.3. The number of nitrogens with two attached hydrogens (primary N) is 1. The first kappa shape index (κ1) is 22.1. The Morgan fingerprint density at radius 1 is 1.22 bits per heavy atom. The van der Waals surface area contributed by atoms with Gasteiger partial charge in [0.25, 0.3) is 6.43 Å². The van der Waals surface area contributed by atoms with Crippen LogP contribution in [0.1, 0.15) is 36.6 Å². The van der Waals surface area contributed by atoms with E-state index in [9.17, 15) is 8.78 Å². The highest BCUT2D eigenvalue weighted by Crippen LogP contribution is 2.22. The highest BCUT2D eigenvalue weighted by Gasteiger charge is 2.24. The molecule has 0 aliphatic carbocycles. The van der Waals surface area contributed by atoms with Gasteiger partial charge in [0.2, 0.25) is 0 Å². The maximum Gasteiger partial charge on any atom is 0.336 e. The number of piperazine rings is 1. The highest BCUT2D eigenvalue weighted by atomic mass is 19.3. The van der Waals surface area contributed by atoms with Gasteiger partial charge in [0.1, 0.15) is 5.82 Å². The summed E-state index contributed by atoms with van der Waals surface area (Å²) in [6.07, 6.45) is 0.828. The number of nitrogen functional groups attached to an aromatic ring is 1. The van der Waals surface area contributed by atoms with E-state index in [0.717, 1.165) is 48.8 Å². The first-order chi connectivity index (χ1) is 15.5. The molecule has 11 heteroatoms. The van der Waals surface area contributed by atoms with Crippen LogP contribution in [0.25, 0.3) is 5.65 Å². The Hall–Kier alpha value is -3.08. The Kier molecular flexibility index (Phi) is 6.63. The Labute approximate surface area is 185 Å². The third-order valence-corrected chi connectivity index (χ3v) is 5.46. The fraction of sp³-hybridized carbons (Fsp3) is 0.524. The number of halogens is 2.